The van der Waals surface area contributed by atoms with Crippen LogP contribution in [0, 0.1) is 0 Å². The predicted octanol–water partition coefficient (Wildman–Crippen LogP) is 2.85. The zero-order valence-corrected chi connectivity index (χ0v) is 12.0. The summed E-state index contributed by atoms with van der Waals surface area (Å²) < 4.78 is 0. The molecule has 0 radical (unpaired) electrons. The van der Waals surface area contributed by atoms with Crippen molar-refractivity contribution in [1.82, 2.24) is 5.32 Å². The predicted molar refractivity (Wildman–Crippen MR) is 83.2 cm³/mol. The molecule has 0 fully saturated rings. The minimum absolute atomic E-state index is 0.875. The van der Waals surface area contributed by atoms with E-state index in [1.54, 1.807) is 7.11 Å². The van der Waals surface area contributed by atoms with Gasteiger partial charge in [0.15, 0.2) is 0 Å². The average molecular weight is 268 g/mol. The van der Waals surface area contributed by atoms with E-state index in [1.807, 2.05) is 43.4 Å². The first-order chi connectivity index (χ1) is 9.86. The van der Waals surface area contributed by atoms with Crippen molar-refractivity contribution in [1.29, 1.82) is 0 Å². The summed E-state index contributed by atoms with van der Waals surface area (Å²) in [6.45, 7) is 0.937. The molecular weight excluding hydrogens is 248 g/mol. The molecule has 0 heterocycles. The number of rotatable bonds is 6. The Morgan fingerprint density at radius 2 is 1.75 bits per heavy atom. The van der Waals surface area contributed by atoms with Gasteiger partial charge in [-0.15, -0.1) is 0 Å². The molecule has 0 aromatic heterocycles. The molecule has 0 saturated heterocycles. The van der Waals surface area contributed by atoms with Crippen LogP contribution >= 0.6 is 0 Å². The largest absolute Gasteiger partial charge is 0.399 e. The van der Waals surface area contributed by atoms with Gasteiger partial charge in [0.05, 0.1) is 0 Å². The Morgan fingerprint density at radius 1 is 1.05 bits per heavy atom. The van der Waals surface area contributed by atoms with Gasteiger partial charge in [0.2, 0.25) is 0 Å². The van der Waals surface area contributed by atoms with Gasteiger partial charge in [0, 0.05) is 11.1 Å². The summed E-state index contributed by atoms with van der Waals surface area (Å²) in [6.07, 6.45) is 0.961. The molecule has 0 aliphatic carbocycles. The molecule has 3 nitrogen and oxygen atoms in total. The molecule has 2 aromatic rings. The fourth-order valence-corrected chi connectivity index (χ4v) is 2.17. The highest BCUT2D eigenvalue weighted by Gasteiger charge is 2.11. The number of benzene rings is 2. The normalized spacial score (nSPS) is 11.4. The summed E-state index contributed by atoms with van der Waals surface area (Å²) in [7, 11) is 3.54. The zero-order valence-electron chi connectivity index (χ0n) is 12.0. The standard InChI is InChI=1S/C17H20N2O/c1-18-13-12-14-8-6-7-11-16(14)17(19-20-2)15-9-4-3-5-10-15/h3-11,18H,12-13H2,1-2H3/b19-17-. The lowest BCUT2D eigenvalue weighted by atomic mass is 9.96. The third-order valence-electron chi connectivity index (χ3n) is 3.15. The van der Waals surface area contributed by atoms with E-state index in [1.165, 1.54) is 5.56 Å². The number of nitrogens with one attached hydrogen (secondary N) is 1. The molecule has 0 spiro atoms. The van der Waals surface area contributed by atoms with Gasteiger partial charge in [-0.3, -0.25) is 0 Å². The summed E-state index contributed by atoms with van der Waals surface area (Å²) in [5.41, 5.74) is 4.32. The van der Waals surface area contributed by atoms with E-state index in [9.17, 15) is 0 Å². The third kappa shape index (κ3) is 3.45. The fourth-order valence-electron chi connectivity index (χ4n) is 2.17. The summed E-state index contributed by atoms with van der Waals surface area (Å²) in [5, 5.41) is 7.41. The first kappa shape index (κ1) is 14.3. The lowest BCUT2D eigenvalue weighted by Crippen LogP contribution is -2.14. The maximum Gasteiger partial charge on any atom is 0.117 e. The zero-order chi connectivity index (χ0) is 14.2. The van der Waals surface area contributed by atoms with Crippen LogP contribution in [0.15, 0.2) is 59.8 Å². The smallest absolute Gasteiger partial charge is 0.117 e. The minimum atomic E-state index is 0.875. The first-order valence-corrected chi connectivity index (χ1v) is 6.76. The van der Waals surface area contributed by atoms with Crippen molar-refractivity contribution in [3.8, 4) is 0 Å². The van der Waals surface area contributed by atoms with Crippen molar-refractivity contribution in [2.45, 2.75) is 6.42 Å². The molecule has 3 heteroatoms. The molecule has 0 unspecified atom stereocenters. The van der Waals surface area contributed by atoms with E-state index in [0.29, 0.717) is 0 Å². The van der Waals surface area contributed by atoms with Crippen LogP contribution in [0.3, 0.4) is 0 Å². The molecule has 0 aliphatic rings. The van der Waals surface area contributed by atoms with Crippen LogP contribution in [-0.4, -0.2) is 26.4 Å². The number of hydrogen-bond acceptors (Lipinski definition) is 3. The Balaban J connectivity index is 2.43. The molecule has 0 amide bonds. The quantitative estimate of drug-likeness (QED) is 0.645. The van der Waals surface area contributed by atoms with E-state index in [4.69, 9.17) is 4.84 Å². The minimum Gasteiger partial charge on any atom is -0.399 e. The van der Waals surface area contributed by atoms with Gasteiger partial charge in [-0.1, -0.05) is 59.8 Å². The molecule has 2 aromatic carbocycles. The highest BCUT2D eigenvalue weighted by molar-refractivity contribution is 6.13. The third-order valence-corrected chi connectivity index (χ3v) is 3.15. The van der Waals surface area contributed by atoms with Crippen LogP contribution in [-0.2, 0) is 11.3 Å². The molecular formula is C17H20N2O. The molecule has 0 bridgehead atoms. The Kier molecular flexibility index (Phi) is 5.33. The summed E-state index contributed by atoms with van der Waals surface area (Å²) in [6, 6.07) is 18.4. The Hall–Kier alpha value is -2.13. The Morgan fingerprint density at radius 3 is 2.45 bits per heavy atom. The first-order valence-electron chi connectivity index (χ1n) is 6.76. The van der Waals surface area contributed by atoms with E-state index >= 15 is 0 Å². The molecule has 1 N–H and O–H groups in total. The topological polar surface area (TPSA) is 33.6 Å². The Labute approximate surface area is 120 Å². The van der Waals surface area contributed by atoms with Crippen molar-refractivity contribution < 1.29 is 4.84 Å². The monoisotopic (exact) mass is 268 g/mol. The highest BCUT2D eigenvalue weighted by Crippen LogP contribution is 2.16. The summed E-state index contributed by atoms with van der Waals surface area (Å²) in [4.78, 5) is 5.04. The van der Waals surface area contributed by atoms with Crippen molar-refractivity contribution in [2.75, 3.05) is 20.7 Å². The van der Waals surface area contributed by atoms with E-state index in [0.717, 1.165) is 29.8 Å². The second-order valence-corrected chi connectivity index (χ2v) is 4.50. The van der Waals surface area contributed by atoms with Crippen molar-refractivity contribution >= 4 is 5.71 Å². The lowest BCUT2D eigenvalue weighted by Gasteiger charge is -2.11. The molecule has 20 heavy (non-hydrogen) atoms. The lowest BCUT2D eigenvalue weighted by molar-refractivity contribution is 0.214. The van der Waals surface area contributed by atoms with Gasteiger partial charge in [-0.25, -0.2) is 0 Å². The van der Waals surface area contributed by atoms with Crippen molar-refractivity contribution in [3.63, 3.8) is 0 Å². The number of oxime groups is 1. The summed E-state index contributed by atoms with van der Waals surface area (Å²) >= 11 is 0. The highest BCUT2D eigenvalue weighted by atomic mass is 16.6. The van der Waals surface area contributed by atoms with Crippen LogP contribution in [0.2, 0.25) is 0 Å². The maximum absolute atomic E-state index is 5.04. The second kappa shape index (κ2) is 7.46. The van der Waals surface area contributed by atoms with Crippen molar-refractivity contribution in [3.05, 3.63) is 71.3 Å². The maximum atomic E-state index is 5.04. The van der Waals surface area contributed by atoms with Gasteiger partial charge in [-0.2, -0.15) is 0 Å². The van der Waals surface area contributed by atoms with Crippen LogP contribution in [0.4, 0.5) is 0 Å². The second-order valence-electron chi connectivity index (χ2n) is 4.50. The number of hydrogen-bond donors (Lipinski definition) is 1. The number of nitrogens with zero attached hydrogens (tertiary/aromatic N) is 1. The molecule has 104 valence electrons. The van der Waals surface area contributed by atoms with Crippen LogP contribution in [0.25, 0.3) is 0 Å². The van der Waals surface area contributed by atoms with Gasteiger partial charge in [0.25, 0.3) is 0 Å². The van der Waals surface area contributed by atoms with Gasteiger partial charge in [0.1, 0.15) is 12.8 Å². The summed E-state index contributed by atoms with van der Waals surface area (Å²) in [5.74, 6) is 0. The van der Waals surface area contributed by atoms with Crippen LogP contribution in [0.1, 0.15) is 16.7 Å². The van der Waals surface area contributed by atoms with Gasteiger partial charge >= 0.3 is 0 Å². The van der Waals surface area contributed by atoms with E-state index < -0.39 is 0 Å². The van der Waals surface area contributed by atoms with Gasteiger partial charge < -0.3 is 10.2 Å². The van der Waals surface area contributed by atoms with E-state index in [-0.39, 0.29) is 0 Å². The molecule has 2 rings (SSSR count). The number of likely N-dealkylation sites (N-methyl/N-ethyl adjacent to an activating group) is 1. The van der Waals surface area contributed by atoms with Crippen molar-refractivity contribution in [2.24, 2.45) is 5.16 Å². The average Bonchev–Trinajstić information content (AvgIpc) is 2.52. The van der Waals surface area contributed by atoms with E-state index in [2.05, 4.69) is 28.7 Å². The van der Waals surface area contributed by atoms with Crippen LogP contribution in [0.5, 0.6) is 0 Å². The molecule has 0 saturated carbocycles. The fraction of sp³-hybridized carbons (Fsp3) is 0.235. The molecule has 0 atom stereocenters. The Bertz CT molecular complexity index is 564. The van der Waals surface area contributed by atoms with Crippen LogP contribution < -0.4 is 5.32 Å². The molecule has 0 aliphatic heterocycles. The SMILES string of the molecule is CNCCc1ccccc1/C(=N\OC)c1ccccc1. The van der Waals surface area contributed by atoms with Gasteiger partial charge in [-0.05, 0) is 25.6 Å².